The Morgan fingerprint density at radius 2 is 2.09 bits per heavy atom. The largest absolute Gasteiger partial charge is 0.444 e. The molecule has 0 aromatic carbocycles. The number of nitrogens with one attached hydrogen (secondary N) is 1. The van der Waals surface area contributed by atoms with E-state index in [1.54, 1.807) is 29.3 Å². The number of nitrogens with zero attached hydrogens (tertiary/aromatic N) is 2. The lowest BCUT2D eigenvalue weighted by Gasteiger charge is -2.29. The maximum atomic E-state index is 12.5. The highest BCUT2D eigenvalue weighted by Crippen LogP contribution is 2.48. The Morgan fingerprint density at radius 1 is 1.32 bits per heavy atom. The Hall–Kier alpha value is -2.11. The second kappa shape index (κ2) is 5.26. The van der Waals surface area contributed by atoms with Gasteiger partial charge in [0.15, 0.2) is 0 Å². The van der Waals surface area contributed by atoms with Gasteiger partial charge in [0, 0.05) is 12.2 Å². The van der Waals surface area contributed by atoms with E-state index in [1.807, 2.05) is 20.8 Å². The molecule has 0 bridgehead atoms. The van der Waals surface area contributed by atoms with Crippen molar-refractivity contribution in [2.45, 2.75) is 51.3 Å². The summed E-state index contributed by atoms with van der Waals surface area (Å²) < 4.78 is 5.44. The van der Waals surface area contributed by atoms with Crippen LogP contribution in [0.2, 0.25) is 0 Å². The van der Waals surface area contributed by atoms with Gasteiger partial charge in [0.2, 0.25) is 5.91 Å². The van der Waals surface area contributed by atoms with Gasteiger partial charge in [-0.1, -0.05) is 6.07 Å². The van der Waals surface area contributed by atoms with E-state index in [4.69, 9.17) is 4.74 Å². The van der Waals surface area contributed by atoms with Crippen molar-refractivity contribution in [2.24, 2.45) is 5.92 Å². The third kappa shape index (κ3) is 3.05. The molecule has 0 spiro atoms. The minimum absolute atomic E-state index is 0.148. The molecular weight excluding hydrogens is 282 g/mol. The number of rotatable bonds is 2. The van der Waals surface area contributed by atoms with Gasteiger partial charge in [-0.15, -0.1) is 0 Å². The standard InChI is InChI=1S/C16H21N3O3/c1-16(2,3)22-15(21)19-11-8-10(11)9-12(19)14(20)18-13-6-4-5-7-17-13/h4-7,10-12H,8-9H2,1-3H3,(H,17,18,20)/t10-,11-,12-/m1/s1. The molecule has 1 N–H and O–H groups in total. The Labute approximate surface area is 129 Å². The minimum atomic E-state index is -0.563. The molecule has 22 heavy (non-hydrogen) atoms. The van der Waals surface area contributed by atoms with Crippen molar-refractivity contribution in [2.75, 3.05) is 5.32 Å². The molecular formula is C16H21N3O3. The SMILES string of the molecule is CC(C)(C)OC(=O)N1[C@@H](C(=O)Nc2ccccn2)C[C@H]2C[C@H]21. The van der Waals surface area contributed by atoms with Crippen LogP contribution in [-0.4, -0.2) is 39.6 Å². The van der Waals surface area contributed by atoms with E-state index in [1.165, 1.54) is 0 Å². The lowest BCUT2D eigenvalue weighted by Crippen LogP contribution is -2.47. The van der Waals surface area contributed by atoms with Gasteiger partial charge >= 0.3 is 6.09 Å². The summed E-state index contributed by atoms with van der Waals surface area (Å²) in [5.41, 5.74) is -0.563. The van der Waals surface area contributed by atoms with Crippen molar-refractivity contribution in [1.29, 1.82) is 0 Å². The van der Waals surface area contributed by atoms with Crippen molar-refractivity contribution in [3.05, 3.63) is 24.4 Å². The fraction of sp³-hybridized carbons (Fsp3) is 0.562. The Bertz CT molecular complexity index is 582. The lowest BCUT2D eigenvalue weighted by molar-refractivity contribution is -0.121. The minimum Gasteiger partial charge on any atom is -0.444 e. The number of pyridine rings is 1. The van der Waals surface area contributed by atoms with Gasteiger partial charge < -0.3 is 10.1 Å². The summed E-state index contributed by atoms with van der Waals surface area (Å²) in [5, 5.41) is 2.77. The zero-order valence-corrected chi connectivity index (χ0v) is 13.1. The normalized spacial score (nSPS) is 26.3. The summed E-state index contributed by atoms with van der Waals surface area (Å²) in [6.45, 7) is 5.48. The first-order chi connectivity index (χ1) is 10.3. The maximum Gasteiger partial charge on any atom is 0.411 e. The number of amides is 2. The molecule has 0 radical (unpaired) electrons. The Balaban J connectivity index is 1.70. The van der Waals surface area contributed by atoms with Crippen LogP contribution in [0, 0.1) is 5.92 Å². The van der Waals surface area contributed by atoms with Gasteiger partial charge in [-0.2, -0.15) is 0 Å². The molecule has 1 aromatic rings. The van der Waals surface area contributed by atoms with Crippen LogP contribution in [0.1, 0.15) is 33.6 Å². The van der Waals surface area contributed by atoms with Crippen molar-refractivity contribution in [3.8, 4) is 0 Å². The van der Waals surface area contributed by atoms with E-state index in [2.05, 4.69) is 10.3 Å². The van der Waals surface area contributed by atoms with Crippen LogP contribution >= 0.6 is 0 Å². The number of ether oxygens (including phenoxy) is 1. The molecule has 2 heterocycles. The highest BCUT2D eigenvalue weighted by atomic mass is 16.6. The van der Waals surface area contributed by atoms with E-state index in [0.29, 0.717) is 18.2 Å². The number of fused-ring (bicyclic) bond motifs is 1. The summed E-state index contributed by atoms with van der Waals surface area (Å²) in [4.78, 5) is 30.5. The number of carbonyl (C=O) groups is 2. The molecule has 3 rings (SSSR count). The van der Waals surface area contributed by atoms with Gasteiger partial charge in [0.05, 0.1) is 0 Å². The Morgan fingerprint density at radius 3 is 2.73 bits per heavy atom. The van der Waals surface area contributed by atoms with Crippen LogP contribution in [-0.2, 0) is 9.53 Å². The first-order valence-electron chi connectivity index (χ1n) is 7.58. The van der Waals surface area contributed by atoms with E-state index in [0.717, 1.165) is 6.42 Å². The molecule has 0 unspecified atom stereocenters. The van der Waals surface area contributed by atoms with Crippen LogP contribution in [0.25, 0.3) is 0 Å². The quantitative estimate of drug-likeness (QED) is 0.910. The van der Waals surface area contributed by atoms with Crippen molar-refractivity contribution < 1.29 is 14.3 Å². The van der Waals surface area contributed by atoms with Gasteiger partial charge in [-0.25, -0.2) is 9.78 Å². The Kier molecular flexibility index (Phi) is 3.54. The second-order valence-electron chi connectivity index (χ2n) is 6.91. The summed E-state index contributed by atoms with van der Waals surface area (Å²) in [5.74, 6) is 0.723. The first-order valence-corrected chi connectivity index (χ1v) is 7.58. The topological polar surface area (TPSA) is 71.5 Å². The fourth-order valence-electron chi connectivity index (χ4n) is 2.91. The zero-order chi connectivity index (χ0) is 15.9. The second-order valence-corrected chi connectivity index (χ2v) is 6.91. The van der Waals surface area contributed by atoms with Gasteiger partial charge in [0.25, 0.3) is 0 Å². The predicted octanol–water partition coefficient (Wildman–Crippen LogP) is 2.42. The molecule has 1 saturated carbocycles. The summed E-state index contributed by atoms with van der Waals surface area (Å²) >= 11 is 0. The molecule has 6 nitrogen and oxygen atoms in total. The molecule has 1 aromatic heterocycles. The highest BCUT2D eigenvalue weighted by Gasteiger charge is 2.57. The average Bonchev–Trinajstić information content (AvgIpc) is 3.08. The highest BCUT2D eigenvalue weighted by molar-refractivity contribution is 5.96. The van der Waals surface area contributed by atoms with Crippen molar-refractivity contribution in [3.63, 3.8) is 0 Å². The van der Waals surface area contributed by atoms with Crippen LogP contribution in [0.4, 0.5) is 10.6 Å². The number of anilines is 1. The number of hydrogen-bond donors (Lipinski definition) is 1. The smallest absolute Gasteiger partial charge is 0.411 e. The molecule has 1 saturated heterocycles. The van der Waals surface area contributed by atoms with E-state index >= 15 is 0 Å². The summed E-state index contributed by atoms with van der Waals surface area (Å²) in [6, 6.07) is 4.99. The van der Waals surface area contributed by atoms with E-state index in [-0.39, 0.29) is 11.9 Å². The average molecular weight is 303 g/mol. The van der Waals surface area contributed by atoms with Crippen LogP contribution < -0.4 is 5.32 Å². The third-order valence-corrected chi connectivity index (χ3v) is 3.93. The molecule has 6 heteroatoms. The number of hydrogen-bond acceptors (Lipinski definition) is 4. The molecule has 3 atom stereocenters. The monoisotopic (exact) mass is 303 g/mol. The summed E-state index contributed by atoms with van der Waals surface area (Å²) in [7, 11) is 0. The van der Waals surface area contributed by atoms with Crippen molar-refractivity contribution >= 4 is 17.8 Å². The zero-order valence-electron chi connectivity index (χ0n) is 13.1. The van der Waals surface area contributed by atoms with E-state index in [9.17, 15) is 9.59 Å². The van der Waals surface area contributed by atoms with Gasteiger partial charge in [-0.05, 0) is 51.7 Å². The molecule has 118 valence electrons. The summed E-state index contributed by atoms with van der Waals surface area (Å²) in [6.07, 6.45) is 2.88. The van der Waals surface area contributed by atoms with Crippen LogP contribution in [0.3, 0.4) is 0 Å². The van der Waals surface area contributed by atoms with Gasteiger partial charge in [0.1, 0.15) is 17.5 Å². The molecule has 1 aliphatic heterocycles. The number of carbonyl (C=O) groups excluding carboxylic acids is 2. The fourth-order valence-corrected chi connectivity index (χ4v) is 2.91. The van der Waals surface area contributed by atoms with E-state index < -0.39 is 17.7 Å². The van der Waals surface area contributed by atoms with Gasteiger partial charge in [-0.3, -0.25) is 9.69 Å². The van der Waals surface area contributed by atoms with Crippen LogP contribution in [0.15, 0.2) is 24.4 Å². The molecule has 2 aliphatic rings. The van der Waals surface area contributed by atoms with Crippen molar-refractivity contribution in [1.82, 2.24) is 9.88 Å². The number of likely N-dealkylation sites (tertiary alicyclic amines) is 1. The lowest BCUT2D eigenvalue weighted by atomic mass is 10.1. The third-order valence-electron chi connectivity index (χ3n) is 3.93. The molecule has 1 aliphatic carbocycles. The molecule has 2 amide bonds. The maximum absolute atomic E-state index is 12.5. The number of piperidine rings is 1. The first kappa shape index (κ1) is 14.8. The predicted molar refractivity (Wildman–Crippen MR) is 81.2 cm³/mol. The molecule has 2 fully saturated rings. The van der Waals surface area contributed by atoms with Crippen LogP contribution in [0.5, 0.6) is 0 Å². The number of aromatic nitrogens is 1.